The summed E-state index contributed by atoms with van der Waals surface area (Å²) in [4.78, 5) is 22.3. The zero-order chi connectivity index (χ0) is 15.8. The zero-order valence-electron chi connectivity index (χ0n) is 12.1. The Labute approximate surface area is 128 Å². The number of aliphatic carboxylic acids is 1. The van der Waals surface area contributed by atoms with E-state index in [0.717, 1.165) is 0 Å². The van der Waals surface area contributed by atoms with Crippen molar-refractivity contribution in [3.63, 3.8) is 0 Å². The number of nitrogens with one attached hydrogen (secondary N) is 1. The van der Waals surface area contributed by atoms with Gasteiger partial charge in [-0.15, -0.1) is 0 Å². The molecule has 0 aromatic heterocycles. The maximum Gasteiger partial charge on any atom is 0.303 e. The number of carbonyl (C=O) groups excluding carboxylic acids is 1. The van der Waals surface area contributed by atoms with Crippen LogP contribution in [0.2, 0.25) is 0 Å². The van der Waals surface area contributed by atoms with E-state index in [1.165, 1.54) is 0 Å². The summed E-state index contributed by atoms with van der Waals surface area (Å²) in [7, 11) is 0. The smallest absolute Gasteiger partial charge is 0.303 e. The zero-order valence-corrected chi connectivity index (χ0v) is 12.1. The summed E-state index contributed by atoms with van der Waals surface area (Å²) in [5.41, 5.74) is 0.636. The lowest BCUT2D eigenvalue weighted by molar-refractivity contribution is -0.142. The van der Waals surface area contributed by atoms with E-state index in [4.69, 9.17) is 19.3 Å². The van der Waals surface area contributed by atoms with E-state index in [9.17, 15) is 9.59 Å². The third-order valence-electron chi connectivity index (χ3n) is 3.03. The number of anilines is 1. The van der Waals surface area contributed by atoms with Crippen LogP contribution >= 0.6 is 0 Å². The first-order valence-electron chi connectivity index (χ1n) is 7.10. The van der Waals surface area contributed by atoms with Crippen molar-refractivity contribution >= 4 is 17.6 Å². The first-order valence-corrected chi connectivity index (χ1v) is 7.10. The number of amides is 1. The predicted octanol–water partition coefficient (Wildman–Crippen LogP) is 1.28. The molecule has 1 aliphatic rings. The molecule has 22 heavy (non-hydrogen) atoms. The Balaban J connectivity index is 1.76. The van der Waals surface area contributed by atoms with E-state index < -0.39 is 12.1 Å². The van der Waals surface area contributed by atoms with Gasteiger partial charge in [0.15, 0.2) is 6.10 Å². The summed E-state index contributed by atoms with van der Waals surface area (Å²) in [5.74, 6) is -0.453. The number of rotatable bonds is 7. The van der Waals surface area contributed by atoms with E-state index in [2.05, 4.69) is 5.32 Å². The third-order valence-corrected chi connectivity index (χ3v) is 3.03. The lowest BCUT2D eigenvalue weighted by Gasteiger charge is -2.22. The molecule has 1 fully saturated rings. The molecule has 0 spiro atoms. The molecule has 1 aliphatic heterocycles. The van der Waals surface area contributed by atoms with Gasteiger partial charge < -0.3 is 24.6 Å². The molecular formula is C15H19NO6. The molecule has 0 bridgehead atoms. The Morgan fingerprint density at radius 3 is 2.68 bits per heavy atom. The summed E-state index contributed by atoms with van der Waals surface area (Å²) in [6.07, 6.45) is -0.0505. The highest BCUT2D eigenvalue weighted by Crippen LogP contribution is 2.16. The quantitative estimate of drug-likeness (QED) is 0.737. The van der Waals surface area contributed by atoms with Gasteiger partial charge in [0.25, 0.3) is 5.91 Å². The van der Waals surface area contributed by atoms with Crippen molar-refractivity contribution in [1.29, 1.82) is 0 Å². The van der Waals surface area contributed by atoms with E-state index >= 15 is 0 Å². The molecule has 120 valence electrons. The van der Waals surface area contributed by atoms with Crippen LogP contribution in [0.15, 0.2) is 24.3 Å². The predicted molar refractivity (Wildman–Crippen MR) is 78.0 cm³/mol. The van der Waals surface area contributed by atoms with E-state index in [1.54, 1.807) is 24.3 Å². The molecule has 0 aliphatic carbocycles. The standard InChI is InChI=1S/C15H19NO6/c17-14(18)2-1-7-21-12-5-3-11(4-6-12)16-15(19)13-10-20-8-9-22-13/h3-6,13H,1-2,7-10H2,(H,16,19)(H,17,18). The third kappa shape index (κ3) is 5.34. The second-order valence-electron chi connectivity index (χ2n) is 4.79. The molecule has 1 unspecified atom stereocenters. The molecule has 0 radical (unpaired) electrons. The van der Waals surface area contributed by atoms with Crippen LogP contribution in [-0.2, 0) is 19.1 Å². The highest BCUT2D eigenvalue weighted by molar-refractivity contribution is 5.94. The molecule has 7 nitrogen and oxygen atoms in total. The Morgan fingerprint density at radius 2 is 2.05 bits per heavy atom. The van der Waals surface area contributed by atoms with Crippen molar-refractivity contribution in [3.8, 4) is 5.75 Å². The van der Waals surface area contributed by atoms with Crippen LogP contribution in [0.4, 0.5) is 5.69 Å². The van der Waals surface area contributed by atoms with Gasteiger partial charge >= 0.3 is 5.97 Å². The molecule has 1 amide bonds. The first kappa shape index (κ1) is 16.3. The second kappa shape index (κ2) is 8.35. The van der Waals surface area contributed by atoms with Gasteiger partial charge in [0, 0.05) is 12.1 Å². The Hall–Kier alpha value is -2.12. The summed E-state index contributed by atoms with van der Waals surface area (Å²) >= 11 is 0. The van der Waals surface area contributed by atoms with Crippen LogP contribution in [0.25, 0.3) is 0 Å². The largest absolute Gasteiger partial charge is 0.494 e. The molecule has 2 rings (SSSR count). The Kier molecular flexibility index (Phi) is 6.17. The van der Waals surface area contributed by atoms with Crippen molar-refractivity contribution in [2.24, 2.45) is 0 Å². The Morgan fingerprint density at radius 1 is 1.27 bits per heavy atom. The van der Waals surface area contributed by atoms with Crippen LogP contribution in [0, 0.1) is 0 Å². The van der Waals surface area contributed by atoms with Crippen molar-refractivity contribution < 1.29 is 28.9 Å². The molecule has 1 atom stereocenters. The monoisotopic (exact) mass is 309 g/mol. The van der Waals surface area contributed by atoms with Gasteiger partial charge in [-0.1, -0.05) is 0 Å². The number of hydrogen-bond acceptors (Lipinski definition) is 5. The number of carboxylic acid groups (broad SMARTS) is 1. The average Bonchev–Trinajstić information content (AvgIpc) is 2.54. The van der Waals surface area contributed by atoms with Crippen LogP contribution in [0.1, 0.15) is 12.8 Å². The minimum absolute atomic E-state index is 0.0810. The van der Waals surface area contributed by atoms with Crippen molar-refractivity contribution in [2.75, 3.05) is 31.7 Å². The van der Waals surface area contributed by atoms with Crippen LogP contribution in [0.5, 0.6) is 5.75 Å². The first-order chi connectivity index (χ1) is 10.6. The number of benzene rings is 1. The fourth-order valence-electron chi connectivity index (χ4n) is 1.91. The topological polar surface area (TPSA) is 94.1 Å². The molecule has 1 heterocycles. The molecule has 2 N–H and O–H groups in total. The summed E-state index contributed by atoms with van der Waals surface area (Å²) in [5, 5.41) is 11.3. The molecular weight excluding hydrogens is 290 g/mol. The van der Waals surface area contributed by atoms with Crippen LogP contribution in [-0.4, -0.2) is 49.5 Å². The second-order valence-corrected chi connectivity index (χ2v) is 4.79. The van der Waals surface area contributed by atoms with E-state index in [-0.39, 0.29) is 18.9 Å². The maximum absolute atomic E-state index is 11.9. The molecule has 0 saturated carbocycles. The SMILES string of the molecule is O=C(O)CCCOc1ccc(NC(=O)C2COCCO2)cc1. The van der Waals surface area contributed by atoms with Gasteiger partial charge in [-0.3, -0.25) is 9.59 Å². The molecule has 1 saturated heterocycles. The minimum Gasteiger partial charge on any atom is -0.494 e. The highest BCUT2D eigenvalue weighted by atomic mass is 16.6. The van der Waals surface area contributed by atoms with Crippen LogP contribution in [0.3, 0.4) is 0 Å². The van der Waals surface area contributed by atoms with Crippen molar-refractivity contribution in [2.45, 2.75) is 18.9 Å². The average molecular weight is 309 g/mol. The van der Waals surface area contributed by atoms with Gasteiger partial charge in [0.2, 0.25) is 0 Å². The fourth-order valence-corrected chi connectivity index (χ4v) is 1.91. The van der Waals surface area contributed by atoms with Crippen molar-refractivity contribution in [1.82, 2.24) is 0 Å². The van der Waals surface area contributed by atoms with Gasteiger partial charge in [0.05, 0.1) is 26.4 Å². The van der Waals surface area contributed by atoms with Gasteiger partial charge in [-0.2, -0.15) is 0 Å². The lowest BCUT2D eigenvalue weighted by Crippen LogP contribution is -2.39. The summed E-state index contributed by atoms with van der Waals surface area (Å²) in [6, 6.07) is 6.87. The van der Waals surface area contributed by atoms with Crippen molar-refractivity contribution in [3.05, 3.63) is 24.3 Å². The fraction of sp³-hybridized carbons (Fsp3) is 0.467. The van der Waals surface area contributed by atoms with E-state index in [0.29, 0.717) is 37.7 Å². The highest BCUT2D eigenvalue weighted by Gasteiger charge is 2.22. The number of carbonyl (C=O) groups is 2. The molecule has 1 aromatic carbocycles. The lowest BCUT2D eigenvalue weighted by atomic mass is 10.2. The molecule has 7 heteroatoms. The van der Waals surface area contributed by atoms with Crippen LogP contribution < -0.4 is 10.1 Å². The van der Waals surface area contributed by atoms with Gasteiger partial charge in [-0.05, 0) is 30.7 Å². The normalized spacial score (nSPS) is 17.7. The van der Waals surface area contributed by atoms with E-state index in [1.807, 2.05) is 0 Å². The number of ether oxygens (including phenoxy) is 3. The molecule has 1 aromatic rings. The maximum atomic E-state index is 11.9. The minimum atomic E-state index is -0.837. The number of hydrogen-bond donors (Lipinski definition) is 2. The summed E-state index contributed by atoms with van der Waals surface area (Å²) < 4.78 is 15.9. The number of carboxylic acids is 1. The summed E-state index contributed by atoms with van der Waals surface area (Å²) in [6.45, 7) is 1.53. The Bertz CT molecular complexity index is 495. The van der Waals surface area contributed by atoms with Gasteiger partial charge in [-0.25, -0.2) is 0 Å². The van der Waals surface area contributed by atoms with Gasteiger partial charge in [0.1, 0.15) is 5.75 Å².